The third-order valence-electron chi connectivity index (χ3n) is 3.19. The molecular formula is C17H15F3O3. The number of carbonyl (C=O) groups is 1. The smallest absolute Gasteiger partial charge is 0.416 e. The molecule has 0 aliphatic carbocycles. The van der Waals surface area contributed by atoms with Crippen molar-refractivity contribution in [3.8, 4) is 5.75 Å². The van der Waals surface area contributed by atoms with Gasteiger partial charge in [0.15, 0.2) is 0 Å². The number of carbonyl (C=O) groups excluding carboxylic acids is 1. The van der Waals surface area contributed by atoms with E-state index in [0.29, 0.717) is 11.3 Å². The number of alkyl halides is 3. The zero-order valence-electron chi connectivity index (χ0n) is 12.4. The van der Waals surface area contributed by atoms with Crippen LogP contribution in [0.2, 0.25) is 0 Å². The number of rotatable bonds is 5. The lowest BCUT2D eigenvalue weighted by molar-refractivity contribution is -0.140. The molecule has 0 atom stereocenters. The topological polar surface area (TPSA) is 35.5 Å². The highest BCUT2D eigenvalue weighted by Crippen LogP contribution is 2.29. The van der Waals surface area contributed by atoms with Crippen molar-refractivity contribution in [1.82, 2.24) is 0 Å². The second-order valence-electron chi connectivity index (χ2n) is 4.88. The number of methoxy groups -OCH3 is 1. The summed E-state index contributed by atoms with van der Waals surface area (Å²) in [6.07, 6.45) is -4.16. The van der Waals surface area contributed by atoms with Crippen molar-refractivity contribution in [2.75, 3.05) is 7.11 Å². The van der Waals surface area contributed by atoms with Crippen LogP contribution in [0.4, 0.5) is 13.2 Å². The second kappa shape index (κ2) is 7.17. The van der Waals surface area contributed by atoms with Crippen molar-refractivity contribution in [2.45, 2.75) is 19.2 Å². The summed E-state index contributed by atoms with van der Waals surface area (Å²) in [5.41, 5.74) is 0.740. The number of esters is 1. The molecule has 6 heteroatoms. The Morgan fingerprint density at radius 1 is 0.957 bits per heavy atom. The van der Waals surface area contributed by atoms with Gasteiger partial charge in [-0.05, 0) is 35.4 Å². The molecule has 0 saturated heterocycles. The van der Waals surface area contributed by atoms with Crippen molar-refractivity contribution >= 4 is 5.97 Å². The van der Waals surface area contributed by atoms with Crippen LogP contribution in [0.15, 0.2) is 48.5 Å². The summed E-state index contributed by atoms with van der Waals surface area (Å²) in [4.78, 5) is 11.1. The summed E-state index contributed by atoms with van der Waals surface area (Å²) in [5.74, 6) is 0.238. The Labute approximate surface area is 131 Å². The van der Waals surface area contributed by atoms with Gasteiger partial charge in [-0.15, -0.1) is 0 Å². The van der Waals surface area contributed by atoms with Gasteiger partial charge in [0.1, 0.15) is 12.4 Å². The van der Waals surface area contributed by atoms with Crippen LogP contribution in [-0.4, -0.2) is 13.1 Å². The molecule has 0 spiro atoms. The first kappa shape index (κ1) is 16.9. The van der Waals surface area contributed by atoms with Gasteiger partial charge in [0.25, 0.3) is 0 Å². The molecule has 23 heavy (non-hydrogen) atoms. The lowest BCUT2D eigenvalue weighted by Crippen LogP contribution is -2.05. The molecule has 0 radical (unpaired) electrons. The summed E-state index contributed by atoms with van der Waals surface area (Å²) in [5, 5.41) is 0. The fourth-order valence-electron chi connectivity index (χ4n) is 1.90. The van der Waals surface area contributed by atoms with Crippen molar-refractivity contribution in [3.05, 3.63) is 65.2 Å². The molecule has 2 rings (SSSR count). The maximum atomic E-state index is 12.5. The van der Waals surface area contributed by atoms with E-state index in [2.05, 4.69) is 4.74 Å². The van der Waals surface area contributed by atoms with Gasteiger partial charge in [-0.3, -0.25) is 4.79 Å². The van der Waals surface area contributed by atoms with Gasteiger partial charge in [0, 0.05) is 0 Å². The number of ether oxygens (including phenoxy) is 2. The van der Waals surface area contributed by atoms with E-state index < -0.39 is 11.7 Å². The summed E-state index contributed by atoms with van der Waals surface area (Å²) < 4.78 is 47.5. The molecule has 0 heterocycles. The molecular weight excluding hydrogens is 309 g/mol. The normalized spacial score (nSPS) is 11.1. The molecule has 0 aliphatic heterocycles. The van der Waals surface area contributed by atoms with Crippen molar-refractivity contribution in [3.63, 3.8) is 0 Å². The molecule has 0 unspecified atom stereocenters. The number of halogens is 3. The van der Waals surface area contributed by atoms with E-state index in [-0.39, 0.29) is 19.0 Å². The standard InChI is InChI=1S/C17H15F3O3/c1-22-16(21)10-12-4-8-15(9-5-12)23-11-13-2-6-14(7-3-13)17(18,19)20/h2-9H,10-11H2,1H3. The Balaban J connectivity index is 1.92. The maximum absolute atomic E-state index is 12.5. The number of hydrogen-bond donors (Lipinski definition) is 0. The summed E-state index contributed by atoms with van der Waals surface area (Å²) in [6.45, 7) is 0.161. The van der Waals surface area contributed by atoms with Crippen LogP contribution in [0, 0.1) is 0 Å². The van der Waals surface area contributed by atoms with Gasteiger partial charge in [0.05, 0.1) is 19.1 Å². The highest BCUT2D eigenvalue weighted by molar-refractivity contribution is 5.72. The molecule has 0 aliphatic rings. The van der Waals surface area contributed by atoms with Crippen LogP contribution < -0.4 is 4.74 Å². The van der Waals surface area contributed by atoms with E-state index in [1.807, 2.05) is 0 Å². The van der Waals surface area contributed by atoms with Crippen LogP contribution in [0.5, 0.6) is 5.75 Å². The quantitative estimate of drug-likeness (QED) is 0.780. The Morgan fingerprint density at radius 3 is 2.04 bits per heavy atom. The van der Waals surface area contributed by atoms with Crippen LogP contribution in [0.3, 0.4) is 0 Å². The minimum atomic E-state index is -4.34. The Hall–Kier alpha value is -2.50. The summed E-state index contributed by atoms with van der Waals surface area (Å²) in [6, 6.07) is 11.7. The number of benzene rings is 2. The van der Waals surface area contributed by atoms with Crippen molar-refractivity contribution in [2.24, 2.45) is 0 Å². The van der Waals surface area contributed by atoms with Crippen LogP contribution >= 0.6 is 0 Å². The van der Waals surface area contributed by atoms with Gasteiger partial charge in [-0.2, -0.15) is 13.2 Å². The van der Waals surface area contributed by atoms with E-state index in [0.717, 1.165) is 17.7 Å². The lowest BCUT2D eigenvalue weighted by atomic mass is 10.1. The molecule has 0 amide bonds. The SMILES string of the molecule is COC(=O)Cc1ccc(OCc2ccc(C(F)(F)F)cc2)cc1. The first-order valence-corrected chi connectivity index (χ1v) is 6.83. The fourth-order valence-corrected chi connectivity index (χ4v) is 1.90. The molecule has 3 nitrogen and oxygen atoms in total. The van der Waals surface area contributed by atoms with E-state index in [9.17, 15) is 18.0 Å². The summed E-state index contributed by atoms with van der Waals surface area (Å²) >= 11 is 0. The van der Waals surface area contributed by atoms with E-state index in [1.54, 1.807) is 24.3 Å². The highest BCUT2D eigenvalue weighted by atomic mass is 19.4. The summed E-state index contributed by atoms with van der Waals surface area (Å²) in [7, 11) is 1.32. The zero-order chi connectivity index (χ0) is 16.9. The average Bonchev–Trinajstić information content (AvgIpc) is 2.53. The van der Waals surface area contributed by atoms with Crippen LogP contribution in [0.1, 0.15) is 16.7 Å². The first-order chi connectivity index (χ1) is 10.9. The van der Waals surface area contributed by atoms with Crippen LogP contribution in [-0.2, 0) is 28.7 Å². The molecule has 0 fully saturated rings. The Kier molecular flexibility index (Phi) is 5.26. The van der Waals surface area contributed by atoms with Gasteiger partial charge in [-0.25, -0.2) is 0 Å². The van der Waals surface area contributed by atoms with Gasteiger partial charge in [0.2, 0.25) is 0 Å². The fraction of sp³-hybridized carbons (Fsp3) is 0.235. The number of hydrogen-bond acceptors (Lipinski definition) is 3. The third kappa shape index (κ3) is 5.02. The molecule has 0 bridgehead atoms. The predicted molar refractivity (Wildman–Crippen MR) is 77.9 cm³/mol. The zero-order valence-corrected chi connectivity index (χ0v) is 12.4. The Morgan fingerprint density at radius 2 is 1.52 bits per heavy atom. The molecule has 2 aromatic carbocycles. The molecule has 122 valence electrons. The second-order valence-corrected chi connectivity index (χ2v) is 4.88. The van der Waals surface area contributed by atoms with E-state index in [4.69, 9.17) is 4.74 Å². The maximum Gasteiger partial charge on any atom is 0.416 e. The monoisotopic (exact) mass is 324 g/mol. The van der Waals surface area contributed by atoms with E-state index >= 15 is 0 Å². The third-order valence-corrected chi connectivity index (χ3v) is 3.19. The first-order valence-electron chi connectivity index (χ1n) is 6.83. The van der Waals surface area contributed by atoms with Gasteiger partial charge >= 0.3 is 12.1 Å². The molecule has 0 N–H and O–H groups in total. The average molecular weight is 324 g/mol. The molecule has 0 aromatic heterocycles. The lowest BCUT2D eigenvalue weighted by Gasteiger charge is -2.09. The molecule has 0 saturated carbocycles. The minimum Gasteiger partial charge on any atom is -0.489 e. The van der Waals surface area contributed by atoms with Crippen molar-refractivity contribution < 1.29 is 27.4 Å². The molecule has 2 aromatic rings. The van der Waals surface area contributed by atoms with Crippen molar-refractivity contribution in [1.29, 1.82) is 0 Å². The largest absolute Gasteiger partial charge is 0.489 e. The van der Waals surface area contributed by atoms with Crippen LogP contribution in [0.25, 0.3) is 0 Å². The minimum absolute atomic E-state index is 0.161. The predicted octanol–water partition coefficient (Wildman–Crippen LogP) is 4.00. The van der Waals surface area contributed by atoms with Gasteiger partial charge in [-0.1, -0.05) is 24.3 Å². The van der Waals surface area contributed by atoms with Gasteiger partial charge < -0.3 is 9.47 Å². The van der Waals surface area contributed by atoms with E-state index in [1.165, 1.54) is 19.2 Å². The highest BCUT2D eigenvalue weighted by Gasteiger charge is 2.29. The Bertz CT molecular complexity index is 646.